The molecule has 0 radical (unpaired) electrons. The zero-order valence-corrected chi connectivity index (χ0v) is 21.0. The molecule has 1 saturated heterocycles. The molecule has 14 nitrogen and oxygen atoms in total. The van der Waals surface area contributed by atoms with Crippen molar-refractivity contribution in [3.8, 4) is 0 Å². The van der Waals surface area contributed by atoms with Crippen LogP contribution in [-0.4, -0.2) is 97.8 Å². The molecule has 3 heterocycles. The molecule has 1 aromatic heterocycles. The fourth-order valence-corrected chi connectivity index (χ4v) is 6.06. The number of aromatic nitrogens is 1. The van der Waals surface area contributed by atoms with Crippen molar-refractivity contribution < 1.29 is 56.9 Å². The Morgan fingerprint density at radius 2 is 2.03 bits per heavy atom. The van der Waals surface area contributed by atoms with Crippen molar-refractivity contribution in [2.24, 2.45) is 5.16 Å². The van der Waals surface area contributed by atoms with Gasteiger partial charge in [0.25, 0.3) is 11.8 Å². The number of carboxylic acids is 2. The van der Waals surface area contributed by atoms with E-state index in [2.05, 4.69) is 25.0 Å². The fraction of sp³-hybridized carbons (Fsp3) is 0.389. The number of nitrogen functional groups attached to an aromatic ring is 1. The highest BCUT2D eigenvalue weighted by Crippen LogP contribution is 2.43. The number of rotatable bonds is 11. The summed E-state index contributed by atoms with van der Waals surface area (Å²) in [6, 6.07) is -1.19. The standard InChI is InChI=1S/C18H16F3N5O9S3/c19-18(20,21)16(33)34-1-2-36-7-5-37-14-10(13(30)26(14)11(7)15(31)32)24-12(29)9(25-35-3-8(27)28)6-4-38-17(22)23-6/h4,10,14H,1-3,5H2,(H2,22,23)(H,24,29)(H,27,28)(H,31,32)/t10-,14+/m1/s1. The molecule has 2 atom stereocenters. The number of nitrogens with two attached hydrogens (primary N) is 1. The van der Waals surface area contributed by atoms with Gasteiger partial charge in [-0.1, -0.05) is 5.16 Å². The Hall–Kier alpha value is -3.52. The van der Waals surface area contributed by atoms with Gasteiger partial charge in [-0.3, -0.25) is 14.5 Å². The second kappa shape index (κ2) is 11.9. The van der Waals surface area contributed by atoms with Crippen LogP contribution >= 0.6 is 34.9 Å². The van der Waals surface area contributed by atoms with Gasteiger partial charge in [-0.05, 0) is 0 Å². The molecule has 2 aliphatic heterocycles. The van der Waals surface area contributed by atoms with Crippen LogP contribution in [0.2, 0.25) is 0 Å². The van der Waals surface area contributed by atoms with E-state index in [1.807, 2.05) is 0 Å². The first-order chi connectivity index (χ1) is 17.8. The summed E-state index contributed by atoms with van der Waals surface area (Å²) in [4.78, 5) is 68.6. The van der Waals surface area contributed by atoms with E-state index in [1.54, 1.807) is 0 Å². The van der Waals surface area contributed by atoms with Gasteiger partial charge in [0, 0.05) is 21.8 Å². The zero-order valence-electron chi connectivity index (χ0n) is 18.6. The average Bonchev–Trinajstić information content (AvgIpc) is 3.26. The van der Waals surface area contributed by atoms with Crippen molar-refractivity contribution in [3.63, 3.8) is 0 Å². The molecule has 3 rings (SSSR count). The lowest BCUT2D eigenvalue weighted by Crippen LogP contribution is -2.71. The number of oxime groups is 1. The van der Waals surface area contributed by atoms with Crippen molar-refractivity contribution in [2.45, 2.75) is 17.6 Å². The first-order valence-corrected chi connectivity index (χ1v) is 12.9. The van der Waals surface area contributed by atoms with Crippen molar-refractivity contribution in [2.75, 3.05) is 30.5 Å². The Kier molecular flexibility index (Phi) is 9.09. The number of thioether (sulfide) groups is 2. The number of thiazole rings is 1. The van der Waals surface area contributed by atoms with Crippen LogP contribution in [0.4, 0.5) is 18.3 Å². The molecular weight excluding hydrogens is 583 g/mol. The number of fused-ring (bicyclic) bond motifs is 1. The van der Waals surface area contributed by atoms with Crippen molar-refractivity contribution >= 4 is 75.4 Å². The summed E-state index contributed by atoms with van der Waals surface area (Å²) in [6.07, 6.45) is -5.16. The normalized spacial score (nSPS) is 19.4. The van der Waals surface area contributed by atoms with Crippen LogP contribution in [0, 0.1) is 0 Å². The lowest BCUT2D eigenvalue weighted by atomic mass is 10.0. The first kappa shape index (κ1) is 29.0. The van der Waals surface area contributed by atoms with Crippen LogP contribution in [0.3, 0.4) is 0 Å². The molecule has 20 heteroatoms. The number of nitrogens with one attached hydrogen (secondary N) is 1. The number of halogens is 3. The Balaban J connectivity index is 1.69. The molecule has 0 aliphatic carbocycles. The molecule has 0 saturated carbocycles. The van der Waals surface area contributed by atoms with E-state index >= 15 is 0 Å². The fourth-order valence-electron chi connectivity index (χ4n) is 3.05. The van der Waals surface area contributed by atoms with Gasteiger partial charge < -0.3 is 30.8 Å². The Morgan fingerprint density at radius 3 is 2.61 bits per heavy atom. The second-order valence-electron chi connectivity index (χ2n) is 7.10. The third kappa shape index (κ3) is 6.67. The van der Waals surface area contributed by atoms with Crippen LogP contribution < -0.4 is 11.1 Å². The number of β-lactam (4-membered cyclic amide) rings is 1. The van der Waals surface area contributed by atoms with Gasteiger partial charge in [0.1, 0.15) is 29.4 Å². The lowest BCUT2D eigenvalue weighted by molar-refractivity contribution is -0.199. The molecule has 0 spiro atoms. The number of amides is 2. The van der Waals surface area contributed by atoms with Crippen LogP contribution in [-0.2, 0) is 33.5 Å². The number of alkyl halides is 3. The summed E-state index contributed by atoms with van der Waals surface area (Å²) in [5.74, 6) is -7.15. The highest BCUT2D eigenvalue weighted by atomic mass is 32.2. The van der Waals surface area contributed by atoms with Crippen LogP contribution in [0.5, 0.6) is 0 Å². The summed E-state index contributed by atoms with van der Waals surface area (Å²) in [6.45, 7) is -1.51. The van der Waals surface area contributed by atoms with Gasteiger partial charge in [0.15, 0.2) is 10.8 Å². The number of aliphatic carboxylic acids is 2. The molecular formula is C18H16F3N5O9S3. The maximum Gasteiger partial charge on any atom is 0.490 e. The van der Waals surface area contributed by atoms with E-state index in [-0.39, 0.29) is 27.2 Å². The van der Waals surface area contributed by atoms with Gasteiger partial charge >= 0.3 is 24.1 Å². The predicted octanol–water partition coefficient (Wildman–Crippen LogP) is 0.0654. The van der Waals surface area contributed by atoms with Gasteiger partial charge in [-0.2, -0.15) is 13.2 Å². The van der Waals surface area contributed by atoms with Gasteiger partial charge in [-0.25, -0.2) is 19.4 Å². The Bertz CT molecular complexity index is 1220. The summed E-state index contributed by atoms with van der Waals surface area (Å²) in [7, 11) is 0. The maximum absolute atomic E-state index is 12.9. The molecule has 38 heavy (non-hydrogen) atoms. The number of nitrogens with zero attached hydrogens (tertiary/aromatic N) is 3. The number of carbonyl (C=O) groups excluding carboxylic acids is 3. The summed E-state index contributed by atoms with van der Waals surface area (Å²) < 4.78 is 40.7. The van der Waals surface area contributed by atoms with E-state index in [0.717, 1.165) is 39.8 Å². The summed E-state index contributed by atoms with van der Waals surface area (Å²) in [5.41, 5.74) is 4.63. The number of carboxylic acid groups (broad SMARTS) is 2. The molecule has 2 aliphatic rings. The molecule has 2 amide bonds. The minimum absolute atomic E-state index is 0.0334. The third-order valence-electron chi connectivity index (χ3n) is 4.57. The summed E-state index contributed by atoms with van der Waals surface area (Å²) in [5, 5.41) is 24.8. The van der Waals surface area contributed by atoms with Crippen molar-refractivity contribution in [1.82, 2.24) is 15.2 Å². The van der Waals surface area contributed by atoms with Gasteiger partial charge in [0.05, 0.1) is 0 Å². The molecule has 206 valence electrons. The van der Waals surface area contributed by atoms with E-state index in [0.29, 0.717) is 0 Å². The lowest BCUT2D eigenvalue weighted by Gasteiger charge is -2.49. The van der Waals surface area contributed by atoms with Crippen molar-refractivity contribution in [1.29, 1.82) is 0 Å². The minimum atomic E-state index is -5.16. The monoisotopic (exact) mass is 599 g/mol. The highest BCUT2D eigenvalue weighted by molar-refractivity contribution is 8.06. The predicted molar refractivity (Wildman–Crippen MR) is 126 cm³/mol. The quantitative estimate of drug-likeness (QED) is 0.0873. The molecule has 0 unspecified atom stereocenters. The molecule has 0 aromatic carbocycles. The number of hydrogen-bond acceptors (Lipinski definition) is 13. The largest absolute Gasteiger partial charge is 0.490 e. The molecule has 0 bridgehead atoms. The van der Waals surface area contributed by atoms with E-state index < -0.39 is 71.9 Å². The number of ether oxygens (including phenoxy) is 1. The van der Waals surface area contributed by atoms with Gasteiger partial charge in [-0.15, -0.1) is 34.9 Å². The number of hydrogen-bond donors (Lipinski definition) is 4. The highest BCUT2D eigenvalue weighted by Gasteiger charge is 2.54. The zero-order chi connectivity index (χ0) is 28.2. The second-order valence-corrected chi connectivity index (χ2v) is 10.3. The first-order valence-electron chi connectivity index (χ1n) is 10.0. The van der Waals surface area contributed by atoms with Crippen LogP contribution in [0.15, 0.2) is 21.1 Å². The van der Waals surface area contributed by atoms with Crippen LogP contribution in [0.25, 0.3) is 0 Å². The van der Waals surface area contributed by atoms with Crippen molar-refractivity contribution in [3.05, 3.63) is 21.7 Å². The molecule has 5 N–H and O–H groups in total. The van der Waals surface area contributed by atoms with Crippen LogP contribution in [0.1, 0.15) is 5.69 Å². The number of esters is 1. The van der Waals surface area contributed by atoms with Gasteiger partial charge in [0.2, 0.25) is 6.61 Å². The van der Waals surface area contributed by atoms with E-state index in [4.69, 9.17) is 10.8 Å². The maximum atomic E-state index is 12.9. The average molecular weight is 600 g/mol. The number of carbonyl (C=O) groups is 5. The molecule has 1 fully saturated rings. The minimum Gasteiger partial charge on any atom is -0.479 e. The topological polar surface area (TPSA) is 211 Å². The van der Waals surface area contributed by atoms with E-state index in [9.17, 15) is 42.3 Å². The smallest absolute Gasteiger partial charge is 0.479 e. The SMILES string of the molecule is Nc1nc(C(=NOCC(=O)O)C(=O)N[C@@H]2C(=O)N3C(C(=O)O)=C(SCCOC(=O)C(F)(F)F)CS[C@@H]23)cs1. The third-order valence-corrected chi connectivity index (χ3v) is 7.76. The number of anilines is 1. The Morgan fingerprint density at radius 1 is 1.32 bits per heavy atom. The Labute approximate surface area is 222 Å². The summed E-state index contributed by atoms with van der Waals surface area (Å²) >= 11 is 2.84. The molecule has 1 aromatic rings. The van der Waals surface area contributed by atoms with E-state index in [1.165, 1.54) is 5.38 Å².